The van der Waals surface area contributed by atoms with Crippen molar-refractivity contribution in [3.05, 3.63) is 42.5 Å². The van der Waals surface area contributed by atoms with Gasteiger partial charge in [0.15, 0.2) is 11.5 Å². The molecule has 0 atom stereocenters. The first kappa shape index (κ1) is 17.9. The van der Waals surface area contributed by atoms with Crippen LogP contribution in [0.3, 0.4) is 0 Å². The van der Waals surface area contributed by atoms with Crippen molar-refractivity contribution in [1.29, 1.82) is 0 Å². The van der Waals surface area contributed by atoms with E-state index in [2.05, 4.69) is 0 Å². The Morgan fingerprint density at radius 1 is 1.08 bits per heavy atom. The van der Waals surface area contributed by atoms with Crippen molar-refractivity contribution >= 4 is 5.97 Å². The zero-order valence-corrected chi connectivity index (χ0v) is 13.8. The summed E-state index contributed by atoms with van der Waals surface area (Å²) in [7, 11) is 0. The maximum Gasteiger partial charge on any atom is 0.328 e. The van der Waals surface area contributed by atoms with E-state index in [-0.39, 0.29) is 6.79 Å². The summed E-state index contributed by atoms with van der Waals surface area (Å²) in [6.07, 6.45) is 13.1. The summed E-state index contributed by atoms with van der Waals surface area (Å²) in [5.74, 6) is 1.43. The van der Waals surface area contributed by atoms with E-state index in [9.17, 15) is 4.79 Å². The molecular formula is C19H24O5. The van der Waals surface area contributed by atoms with E-state index >= 15 is 0 Å². The Bertz CT molecular complexity index is 577. The highest BCUT2D eigenvalue weighted by Gasteiger charge is 2.13. The van der Waals surface area contributed by atoms with Gasteiger partial charge in [0.05, 0.1) is 6.61 Å². The lowest BCUT2D eigenvalue weighted by molar-refractivity contribution is -0.131. The van der Waals surface area contributed by atoms with Crippen molar-refractivity contribution in [2.24, 2.45) is 0 Å². The molecule has 1 N–H and O–H groups in total. The number of hydrogen-bond acceptors (Lipinski definition) is 4. The molecule has 0 unspecified atom stereocenters. The Kier molecular flexibility index (Phi) is 7.74. The van der Waals surface area contributed by atoms with Crippen molar-refractivity contribution in [2.45, 2.75) is 38.5 Å². The predicted octanol–water partition coefficient (Wildman–Crippen LogP) is 4.33. The largest absolute Gasteiger partial charge is 0.493 e. The summed E-state index contributed by atoms with van der Waals surface area (Å²) in [5, 5.41) is 8.43. The molecule has 5 heteroatoms. The van der Waals surface area contributed by atoms with Crippen LogP contribution in [0.4, 0.5) is 0 Å². The zero-order chi connectivity index (χ0) is 17.0. The van der Waals surface area contributed by atoms with Crippen LogP contribution in [0.5, 0.6) is 17.2 Å². The van der Waals surface area contributed by atoms with E-state index in [1.807, 2.05) is 24.3 Å². The van der Waals surface area contributed by atoms with Crippen LogP contribution in [0, 0.1) is 0 Å². The Hall–Kier alpha value is -2.43. The lowest BCUT2D eigenvalue weighted by Crippen LogP contribution is -1.97. The minimum absolute atomic E-state index is 0.282. The van der Waals surface area contributed by atoms with Gasteiger partial charge in [0, 0.05) is 12.1 Å². The summed E-state index contributed by atoms with van der Waals surface area (Å²) in [6.45, 7) is 0.989. The first-order chi connectivity index (χ1) is 11.8. The van der Waals surface area contributed by atoms with Gasteiger partial charge in [-0.15, -0.1) is 0 Å². The molecule has 1 aliphatic rings. The minimum Gasteiger partial charge on any atom is -0.493 e. The maximum atomic E-state index is 10.3. The van der Waals surface area contributed by atoms with E-state index < -0.39 is 5.97 Å². The molecule has 0 spiro atoms. The first-order valence-electron chi connectivity index (χ1n) is 8.34. The van der Waals surface area contributed by atoms with Crippen LogP contribution >= 0.6 is 0 Å². The molecule has 0 amide bonds. The molecule has 0 radical (unpaired) electrons. The average Bonchev–Trinajstić information content (AvgIpc) is 3.03. The predicted molar refractivity (Wildman–Crippen MR) is 91.7 cm³/mol. The van der Waals surface area contributed by atoms with E-state index in [1.54, 1.807) is 12.2 Å². The van der Waals surface area contributed by atoms with Crippen LogP contribution in [0.2, 0.25) is 0 Å². The highest BCUT2D eigenvalue weighted by molar-refractivity contribution is 5.80. The smallest absolute Gasteiger partial charge is 0.328 e. The molecule has 0 aliphatic carbocycles. The quantitative estimate of drug-likeness (QED) is 0.371. The number of unbranched alkanes of at least 4 members (excludes halogenated alkanes) is 5. The van der Waals surface area contributed by atoms with Gasteiger partial charge in [-0.05, 0) is 31.4 Å². The first-order valence-corrected chi connectivity index (χ1v) is 8.34. The van der Waals surface area contributed by atoms with E-state index in [1.165, 1.54) is 12.8 Å². The number of allylic oxidation sites excluding steroid dienone is 3. The molecule has 1 heterocycles. The Morgan fingerprint density at radius 3 is 2.75 bits per heavy atom. The van der Waals surface area contributed by atoms with Crippen LogP contribution in [0.1, 0.15) is 38.5 Å². The maximum absolute atomic E-state index is 10.3. The fourth-order valence-corrected chi connectivity index (χ4v) is 2.36. The number of fused-ring (bicyclic) bond motifs is 1. The third kappa shape index (κ3) is 6.77. The summed E-state index contributed by atoms with van der Waals surface area (Å²) < 4.78 is 16.3. The number of hydrogen-bond donors (Lipinski definition) is 1. The fraction of sp³-hybridized carbons (Fsp3) is 0.421. The van der Waals surface area contributed by atoms with Gasteiger partial charge in [-0.25, -0.2) is 4.79 Å². The Labute approximate surface area is 142 Å². The van der Waals surface area contributed by atoms with Gasteiger partial charge >= 0.3 is 5.97 Å². The topological polar surface area (TPSA) is 65.0 Å². The lowest BCUT2D eigenvalue weighted by Gasteiger charge is -2.06. The van der Waals surface area contributed by atoms with Gasteiger partial charge in [-0.1, -0.05) is 37.5 Å². The second-order valence-electron chi connectivity index (χ2n) is 5.55. The Balaban J connectivity index is 1.45. The number of carbonyl (C=O) groups is 1. The highest BCUT2D eigenvalue weighted by atomic mass is 16.7. The standard InChI is InChI=1S/C19H24O5/c20-19(21)10-8-6-4-2-1-3-5-7-9-13-22-16-11-12-17-18(14-16)24-15-23-17/h4,6,8,10-12,14H,1-3,5,7,9,13,15H2,(H,20,21). The molecule has 1 aromatic carbocycles. The molecule has 0 fully saturated rings. The van der Waals surface area contributed by atoms with Crippen molar-refractivity contribution in [2.75, 3.05) is 13.4 Å². The summed E-state index contributed by atoms with van der Waals surface area (Å²) in [4.78, 5) is 10.3. The highest BCUT2D eigenvalue weighted by Crippen LogP contribution is 2.35. The van der Waals surface area contributed by atoms with Crippen molar-refractivity contribution < 1.29 is 24.1 Å². The SMILES string of the molecule is O=C(O)C=CC=CCCCCCCCOc1ccc2c(c1)OCO2. The summed E-state index contributed by atoms with van der Waals surface area (Å²) in [5.41, 5.74) is 0. The molecule has 1 aliphatic heterocycles. The third-order valence-electron chi connectivity index (χ3n) is 3.61. The van der Waals surface area contributed by atoms with Crippen LogP contribution < -0.4 is 14.2 Å². The van der Waals surface area contributed by atoms with E-state index in [4.69, 9.17) is 19.3 Å². The molecular weight excluding hydrogens is 308 g/mol. The summed E-state index contributed by atoms with van der Waals surface area (Å²) >= 11 is 0. The van der Waals surface area contributed by atoms with Crippen LogP contribution in [-0.2, 0) is 4.79 Å². The number of benzene rings is 1. The fourth-order valence-electron chi connectivity index (χ4n) is 2.36. The van der Waals surface area contributed by atoms with Gasteiger partial charge in [0.25, 0.3) is 0 Å². The Morgan fingerprint density at radius 2 is 1.88 bits per heavy atom. The van der Waals surface area contributed by atoms with Gasteiger partial charge in [0.2, 0.25) is 6.79 Å². The molecule has 5 nitrogen and oxygen atoms in total. The molecule has 24 heavy (non-hydrogen) atoms. The van der Waals surface area contributed by atoms with Gasteiger partial charge in [0.1, 0.15) is 5.75 Å². The molecule has 0 saturated heterocycles. The number of carboxylic acids is 1. The van der Waals surface area contributed by atoms with E-state index in [0.717, 1.165) is 49.0 Å². The normalized spacial score (nSPS) is 13.0. The van der Waals surface area contributed by atoms with Gasteiger partial charge in [-0.2, -0.15) is 0 Å². The monoisotopic (exact) mass is 332 g/mol. The van der Waals surface area contributed by atoms with Gasteiger partial charge in [-0.3, -0.25) is 0 Å². The zero-order valence-electron chi connectivity index (χ0n) is 13.8. The molecule has 2 rings (SSSR count). The number of aliphatic carboxylic acids is 1. The summed E-state index contributed by atoms with van der Waals surface area (Å²) in [6, 6.07) is 5.64. The minimum atomic E-state index is -0.914. The van der Waals surface area contributed by atoms with Crippen molar-refractivity contribution in [3.63, 3.8) is 0 Å². The number of rotatable bonds is 11. The van der Waals surface area contributed by atoms with Crippen molar-refractivity contribution in [1.82, 2.24) is 0 Å². The van der Waals surface area contributed by atoms with E-state index in [0.29, 0.717) is 6.61 Å². The lowest BCUT2D eigenvalue weighted by atomic mass is 10.1. The second kappa shape index (κ2) is 10.4. The van der Waals surface area contributed by atoms with Gasteiger partial charge < -0.3 is 19.3 Å². The average molecular weight is 332 g/mol. The van der Waals surface area contributed by atoms with Crippen LogP contribution in [0.15, 0.2) is 42.5 Å². The molecule has 0 aromatic heterocycles. The molecule has 0 saturated carbocycles. The number of carboxylic acid groups (broad SMARTS) is 1. The molecule has 130 valence electrons. The van der Waals surface area contributed by atoms with Crippen molar-refractivity contribution in [3.8, 4) is 17.2 Å². The second-order valence-corrected chi connectivity index (χ2v) is 5.55. The third-order valence-corrected chi connectivity index (χ3v) is 3.61. The van der Waals surface area contributed by atoms with Crippen LogP contribution in [-0.4, -0.2) is 24.5 Å². The van der Waals surface area contributed by atoms with Crippen LogP contribution in [0.25, 0.3) is 0 Å². The molecule has 0 bridgehead atoms. The molecule has 1 aromatic rings. The number of ether oxygens (including phenoxy) is 3.